The van der Waals surface area contributed by atoms with Crippen molar-refractivity contribution >= 4 is 5.96 Å². The Morgan fingerprint density at radius 2 is 1.91 bits per heavy atom. The van der Waals surface area contributed by atoms with Gasteiger partial charge in [-0.3, -0.25) is 4.99 Å². The van der Waals surface area contributed by atoms with Gasteiger partial charge in [0.2, 0.25) is 0 Å². The maximum atomic E-state index is 6.07. The van der Waals surface area contributed by atoms with E-state index in [-0.39, 0.29) is 0 Å². The van der Waals surface area contributed by atoms with Crippen LogP contribution in [0.15, 0.2) is 47.7 Å². The number of guanidine groups is 1. The van der Waals surface area contributed by atoms with E-state index in [2.05, 4.69) is 39.3 Å². The van der Waals surface area contributed by atoms with Crippen LogP contribution in [0.2, 0.25) is 0 Å². The second-order valence-corrected chi connectivity index (χ2v) is 5.65. The predicted molar refractivity (Wildman–Crippen MR) is 89.2 cm³/mol. The Morgan fingerprint density at radius 1 is 1.14 bits per heavy atom. The van der Waals surface area contributed by atoms with Crippen LogP contribution in [0.3, 0.4) is 0 Å². The summed E-state index contributed by atoms with van der Waals surface area (Å²) in [6.45, 7) is 2.84. The average molecular weight is 297 g/mol. The molecule has 2 aromatic rings. The highest BCUT2D eigenvalue weighted by atomic mass is 15.3. The molecule has 1 aromatic carbocycles. The molecule has 1 aliphatic rings. The summed E-state index contributed by atoms with van der Waals surface area (Å²) in [5.41, 5.74) is 8.41. The highest BCUT2D eigenvalue weighted by Crippen LogP contribution is 2.10. The Hall–Kier alpha value is -2.30. The summed E-state index contributed by atoms with van der Waals surface area (Å²) in [5, 5.41) is 4.23. The third kappa shape index (κ3) is 3.67. The van der Waals surface area contributed by atoms with E-state index in [0.29, 0.717) is 5.96 Å². The van der Waals surface area contributed by atoms with E-state index in [1.165, 1.54) is 24.8 Å². The van der Waals surface area contributed by atoms with Gasteiger partial charge in [0.05, 0.1) is 5.69 Å². The highest BCUT2D eigenvalue weighted by molar-refractivity contribution is 5.78. The molecule has 2 N–H and O–H groups in total. The number of nitrogens with zero attached hydrogens (tertiary/aromatic N) is 4. The van der Waals surface area contributed by atoms with E-state index in [1.807, 2.05) is 16.9 Å². The summed E-state index contributed by atoms with van der Waals surface area (Å²) in [6.07, 6.45) is 8.40. The number of likely N-dealkylation sites (tertiary alicyclic amines) is 1. The lowest BCUT2D eigenvalue weighted by Crippen LogP contribution is -2.41. The summed E-state index contributed by atoms with van der Waals surface area (Å²) in [6, 6.07) is 10.3. The van der Waals surface area contributed by atoms with E-state index in [1.54, 1.807) is 6.20 Å². The molecule has 1 aliphatic heterocycles. The lowest BCUT2D eigenvalue weighted by Gasteiger charge is -2.27. The van der Waals surface area contributed by atoms with Gasteiger partial charge < -0.3 is 10.6 Å². The molecule has 0 amide bonds. The van der Waals surface area contributed by atoms with Gasteiger partial charge >= 0.3 is 0 Å². The molecule has 1 aromatic heterocycles. The van der Waals surface area contributed by atoms with Crippen molar-refractivity contribution in [3.05, 3.63) is 48.3 Å². The Bertz CT molecular complexity index is 594. The van der Waals surface area contributed by atoms with E-state index in [9.17, 15) is 0 Å². The van der Waals surface area contributed by atoms with E-state index >= 15 is 0 Å². The van der Waals surface area contributed by atoms with Crippen LogP contribution in [-0.2, 0) is 6.42 Å². The molecule has 5 heteroatoms. The minimum atomic E-state index is 0.702. The van der Waals surface area contributed by atoms with Crippen molar-refractivity contribution < 1.29 is 0 Å². The molecule has 1 saturated heterocycles. The van der Waals surface area contributed by atoms with Gasteiger partial charge in [-0.05, 0) is 49.4 Å². The first-order valence-corrected chi connectivity index (χ1v) is 7.97. The molecule has 22 heavy (non-hydrogen) atoms. The first-order valence-electron chi connectivity index (χ1n) is 7.97. The van der Waals surface area contributed by atoms with Crippen molar-refractivity contribution in [2.45, 2.75) is 25.7 Å². The summed E-state index contributed by atoms with van der Waals surface area (Å²) >= 11 is 0. The molecule has 3 rings (SSSR count). The number of benzene rings is 1. The van der Waals surface area contributed by atoms with Crippen LogP contribution < -0.4 is 5.73 Å². The molecule has 2 heterocycles. The Kier molecular flexibility index (Phi) is 4.73. The van der Waals surface area contributed by atoms with E-state index < -0.39 is 0 Å². The molecule has 0 bridgehead atoms. The summed E-state index contributed by atoms with van der Waals surface area (Å²) < 4.78 is 1.86. The first-order chi connectivity index (χ1) is 10.8. The van der Waals surface area contributed by atoms with Crippen LogP contribution in [0.4, 0.5) is 0 Å². The first kappa shape index (κ1) is 14.6. The zero-order chi connectivity index (χ0) is 15.2. The number of piperidine rings is 1. The minimum absolute atomic E-state index is 0.702. The number of aromatic nitrogens is 2. The molecule has 5 nitrogen and oxygen atoms in total. The van der Waals surface area contributed by atoms with Crippen LogP contribution in [0.1, 0.15) is 24.8 Å². The van der Waals surface area contributed by atoms with Gasteiger partial charge in [-0.15, -0.1) is 0 Å². The van der Waals surface area contributed by atoms with Crippen molar-refractivity contribution in [3.63, 3.8) is 0 Å². The maximum absolute atomic E-state index is 6.07. The summed E-state index contributed by atoms with van der Waals surface area (Å²) in [5.74, 6) is 0.702. The fourth-order valence-electron chi connectivity index (χ4n) is 2.76. The second-order valence-electron chi connectivity index (χ2n) is 5.65. The van der Waals surface area contributed by atoms with Crippen LogP contribution in [0.25, 0.3) is 5.69 Å². The predicted octanol–water partition coefficient (Wildman–Crippen LogP) is 2.22. The summed E-state index contributed by atoms with van der Waals surface area (Å²) in [4.78, 5) is 6.72. The van der Waals surface area contributed by atoms with Gasteiger partial charge in [-0.25, -0.2) is 4.68 Å². The van der Waals surface area contributed by atoms with Gasteiger partial charge in [-0.2, -0.15) is 5.10 Å². The van der Waals surface area contributed by atoms with Gasteiger partial charge in [0.15, 0.2) is 5.96 Å². The third-order valence-electron chi connectivity index (χ3n) is 4.06. The SMILES string of the molecule is NC(=NCCc1ccc(-n2cccn2)cc1)N1CCCCC1. The zero-order valence-corrected chi connectivity index (χ0v) is 12.9. The quantitative estimate of drug-likeness (QED) is 0.695. The van der Waals surface area contributed by atoms with Crippen molar-refractivity contribution in [1.29, 1.82) is 0 Å². The van der Waals surface area contributed by atoms with Crippen LogP contribution in [-0.4, -0.2) is 40.3 Å². The highest BCUT2D eigenvalue weighted by Gasteiger charge is 2.11. The third-order valence-corrected chi connectivity index (χ3v) is 4.06. The van der Waals surface area contributed by atoms with Gasteiger partial charge in [0, 0.05) is 32.0 Å². The van der Waals surface area contributed by atoms with Crippen LogP contribution >= 0.6 is 0 Å². The van der Waals surface area contributed by atoms with Gasteiger partial charge in [0.25, 0.3) is 0 Å². The molecule has 0 saturated carbocycles. The molecular weight excluding hydrogens is 274 g/mol. The topological polar surface area (TPSA) is 59.4 Å². The van der Waals surface area contributed by atoms with Crippen LogP contribution in [0, 0.1) is 0 Å². The smallest absolute Gasteiger partial charge is 0.191 e. The summed E-state index contributed by atoms with van der Waals surface area (Å²) in [7, 11) is 0. The number of hydrogen-bond donors (Lipinski definition) is 1. The Morgan fingerprint density at radius 3 is 2.59 bits per heavy atom. The molecule has 0 spiro atoms. The van der Waals surface area contributed by atoms with Crippen molar-refractivity contribution in [3.8, 4) is 5.69 Å². The van der Waals surface area contributed by atoms with Gasteiger partial charge in [0.1, 0.15) is 0 Å². The molecule has 0 atom stereocenters. The molecule has 0 aliphatic carbocycles. The largest absolute Gasteiger partial charge is 0.370 e. The maximum Gasteiger partial charge on any atom is 0.191 e. The lowest BCUT2D eigenvalue weighted by molar-refractivity contribution is 0.338. The number of aliphatic imine (C=N–C) groups is 1. The Balaban J connectivity index is 1.53. The number of rotatable bonds is 4. The molecular formula is C17H23N5. The molecule has 1 fully saturated rings. The van der Waals surface area contributed by atoms with Crippen molar-refractivity contribution in [1.82, 2.24) is 14.7 Å². The van der Waals surface area contributed by atoms with E-state index in [0.717, 1.165) is 31.7 Å². The lowest BCUT2D eigenvalue weighted by atomic mass is 10.1. The monoisotopic (exact) mass is 297 g/mol. The van der Waals surface area contributed by atoms with E-state index in [4.69, 9.17) is 5.73 Å². The average Bonchev–Trinajstić information content (AvgIpc) is 3.11. The fraction of sp³-hybridized carbons (Fsp3) is 0.412. The normalized spacial score (nSPS) is 16.0. The fourth-order valence-corrected chi connectivity index (χ4v) is 2.76. The Labute approximate surface area is 131 Å². The number of nitrogens with two attached hydrogens (primary N) is 1. The molecule has 0 unspecified atom stereocenters. The van der Waals surface area contributed by atoms with Crippen molar-refractivity contribution in [2.24, 2.45) is 10.7 Å². The standard InChI is InChI=1S/C17H23N5/c18-17(21-12-2-1-3-13-21)19-11-9-15-5-7-16(8-6-15)22-14-4-10-20-22/h4-8,10,14H,1-3,9,11-13H2,(H2,18,19). The van der Waals surface area contributed by atoms with Gasteiger partial charge in [-0.1, -0.05) is 12.1 Å². The number of hydrogen-bond acceptors (Lipinski definition) is 2. The minimum Gasteiger partial charge on any atom is -0.370 e. The molecule has 116 valence electrons. The zero-order valence-electron chi connectivity index (χ0n) is 12.9. The second kappa shape index (κ2) is 7.11. The van der Waals surface area contributed by atoms with Crippen molar-refractivity contribution in [2.75, 3.05) is 19.6 Å². The van der Waals surface area contributed by atoms with Crippen LogP contribution in [0.5, 0.6) is 0 Å². The molecule has 0 radical (unpaired) electrons.